The molecule has 16 heteroatoms. The van der Waals surface area contributed by atoms with Gasteiger partial charge in [-0.05, 0) is 177 Å². The van der Waals surface area contributed by atoms with Crippen molar-refractivity contribution in [3.05, 3.63) is 111 Å². The van der Waals surface area contributed by atoms with Gasteiger partial charge in [-0.3, -0.25) is 14.4 Å². The van der Waals surface area contributed by atoms with Crippen molar-refractivity contribution < 1.29 is 42.9 Å². The summed E-state index contributed by atoms with van der Waals surface area (Å²) in [6, 6.07) is 13.9. The number of hydrogen-bond donors (Lipinski definition) is 5. The Bertz CT molecular complexity index is 2020. The van der Waals surface area contributed by atoms with E-state index >= 15 is 0 Å². The third-order valence-electron chi connectivity index (χ3n) is 7.56. The minimum atomic E-state index is -1.14. The summed E-state index contributed by atoms with van der Waals surface area (Å²) in [6.07, 6.45) is 0.475. The van der Waals surface area contributed by atoms with Gasteiger partial charge in [-0.1, -0.05) is 0 Å². The Morgan fingerprint density at radius 1 is 0.661 bits per heavy atom. The molecule has 0 aliphatic rings. The van der Waals surface area contributed by atoms with Crippen LogP contribution in [0.1, 0.15) is 72.3 Å². The molecule has 0 radical (unpaired) electrons. The van der Waals surface area contributed by atoms with Crippen molar-refractivity contribution in [3.63, 3.8) is 0 Å². The molecular formula is C40H43Br4F2N3O7. The van der Waals surface area contributed by atoms with E-state index in [9.17, 15) is 23.2 Å². The molecular weight excluding hydrogens is 992 g/mol. The van der Waals surface area contributed by atoms with E-state index in [1.807, 2.05) is 53.7 Å². The highest BCUT2D eigenvalue weighted by Crippen LogP contribution is 2.37. The predicted octanol–water partition coefficient (Wildman–Crippen LogP) is 10.9. The molecule has 4 aromatic carbocycles. The zero-order chi connectivity index (χ0) is 41.9. The Morgan fingerprint density at radius 2 is 1.07 bits per heavy atom. The van der Waals surface area contributed by atoms with Gasteiger partial charge in [0.1, 0.15) is 31.3 Å². The number of amides is 1. The molecule has 0 bridgehead atoms. The third-order valence-corrected chi connectivity index (χ3v) is 9.92. The first kappa shape index (κ1) is 46.7. The Kier molecular flexibility index (Phi) is 18.1. The van der Waals surface area contributed by atoms with E-state index in [1.165, 1.54) is 12.1 Å². The van der Waals surface area contributed by atoms with Gasteiger partial charge in [0.05, 0.1) is 29.3 Å². The standard InChI is InChI=1S/C20H21Br2FN2O4.C20H22Br2FNO3/c1-10(2)25-16-5-11(3)4-13(18(16)23)9-29-19-14(21)6-12(7-15(19)22)20(28)24-8-17(26)27;1-11(2)24-17-7-12(3)6-14(19(17)23)10-27-20-15(21)8-13(9-16(20)22)4-5-18(25)26/h4-7,10,25H,8-9H2,1-3H3,(H,24,28)(H,26,27);6-9,11,24H,4-5,10H2,1-3H3,(H,25,26). The lowest BCUT2D eigenvalue weighted by molar-refractivity contribution is -0.137. The maximum absolute atomic E-state index is 14.8. The molecule has 56 heavy (non-hydrogen) atoms. The number of hydrogen-bond acceptors (Lipinski definition) is 7. The molecule has 10 nitrogen and oxygen atoms in total. The van der Waals surface area contributed by atoms with Gasteiger partial charge in [0.25, 0.3) is 5.91 Å². The number of carbonyl (C=O) groups excluding carboxylic acids is 1. The highest BCUT2D eigenvalue weighted by Gasteiger charge is 2.18. The van der Waals surface area contributed by atoms with Gasteiger partial charge >= 0.3 is 11.9 Å². The number of aryl methyl sites for hydroxylation is 3. The number of carbonyl (C=O) groups is 3. The van der Waals surface area contributed by atoms with E-state index < -0.39 is 24.4 Å². The Balaban J connectivity index is 0.000000301. The molecule has 302 valence electrons. The molecule has 0 unspecified atom stereocenters. The van der Waals surface area contributed by atoms with Crippen molar-refractivity contribution in [1.82, 2.24) is 5.32 Å². The van der Waals surface area contributed by atoms with Crippen LogP contribution >= 0.6 is 63.7 Å². The van der Waals surface area contributed by atoms with Gasteiger partial charge in [0.15, 0.2) is 11.6 Å². The summed E-state index contributed by atoms with van der Waals surface area (Å²) < 4.78 is 43.5. The fourth-order valence-electron chi connectivity index (χ4n) is 5.26. The van der Waals surface area contributed by atoms with Crippen molar-refractivity contribution >= 4 is 92.9 Å². The fraction of sp³-hybridized carbons (Fsp3) is 0.325. The molecule has 0 spiro atoms. The highest BCUT2D eigenvalue weighted by atomic mass is 79.9. The number of carboxylic acids is 2. The lowest BCUT2D eigenvalue weighted by Gasteiger charge is -2.16. The van der Waals surface area contributed by atoms with Gasteiger partial charge in [-0.25, -0.2) is 8.78 Å². The van der Waals surface area contributed by atoms with Crippen LogP contribution in [0.5, 0.6) is 11.5 Å². The van der Waals surface area contributed by atoms with E-state index in [0.717, 1.165) is 16.7 Å². The predicted molar refractivity (Wildman–Crippen MR) is 228 cm³/mol. The summed E-state index contributed by atoms with van der Waals surface area (Å²) in [4.78, 5) is 33.4. The summed E-state index contributed by atoms with van der Waals surface area (Å²) in [6.45, 7) is 11.2. The molecule has 0 aromatic heterocycles. The fourth-order valence-corrected chi connectivity index (χ4v) is 8.19. The van der Waals surface area contributed by atoms with Crippen LogP contribution in [-0.2, 0) is 29.2 Å². The van der Waals surface area contributed by atoms with E-state index in [2.05, 4.69) is 79.7 Å². The number of carboxylic acid groups (broad SMARTS) is 2. The molecule has 0 fully saturated rings. The maximum Gasteiger partial charge on any atom is 0.322 e. The molecule has 0 saturated heterocycles. The molecule has 0 heterocycles. The number of aliphatic carboxylic acids is 2. The molecule has 0 aliphatic heterocycles. The quantitative estimate of drug-likeness (QED) is 0.0740. The Labute approximate surface area is 358 Å². The van der Waals surface area contributed by atoms with Crippen molar-refractivity contribution in [2.24, 2.45) is 0 Å². The van der Waals surface area contributed by atoms with Crippen LogP contribution in [0.15, 0.2) is 66.4 Å². The molecule has 0 saturated carbocycles. The van der Waals surface area contributed by atoms with Crippen molar-refractivity contribution in [2.45, 2.75) is 79.7 Å². The highest BCUT2D eigenvalue weighted by molar-refractivity contribution is 9.11. The van der Waals surface area contributed by atoms with Crippen molar-refractivity contribution in [1.29, 1.82) is 0 Å². The molecule has 4 rings (SSSR count). The second-order valence-corrected chi connectivity index (χ2v) is 16.8. The second-order valence-electron chi connectivity index (χ2n) is 13.4. The topological polar surface area (TPSA) is 146 Å². The van der Waals surface area contributed by atoms with Crippen molar-refractivity contribution in [2.75, 3.05) is 17.2 Å². The number of rotatable bonds is 16. The summed E-state index contributed by atoms with van der Waals surface area (Å²) in [5, 5.41) is 26.0. The van der Waals surface area contributed by atoms with E-state index in [1.54, 1.807) is 24.3 Å². The smallest absolute Gasteiger partial charge is 0.322 e. The molecule has 4 aromatic rings. The summed E-state index contributed by atoms with van der Waals surface area (Å²) in [7, 11) is 0. The van der Waals surface area contributed by atoms with E-state index in [-0.39, 0.29) is 48.9 Å². The Hall–Kier alpha value is -3.73. The third kappa shape index (κ3) is 14.3. The number of benzene rings is 4. The monoisotopic (exact) mass is 1030 g/mol. The molecule has 0 aliphatic carbocycles. The SMILES string of the molecule is Cc1cc(COc2c(Br)cc(C(=O)NCC(=O)O)cc2Br)c(F)c(NC(C)C)c1.Cc1cc(COc2c(Br)cc(CCC(=O)O)cc2Br)c(F)c(NC(C)C)c1. The zero-order valence-corrected chi connectivity index (χ0v) is 37.9. The minimum Gasteiger partial charge on any atom is -0.486 e. The molecule has 5 N–H and O–H groups in total. The van der Waals surface area contributed by atoms with Gasteiger partial charge in [-0.2, -0.15) is 0 Å². The van der Waals surface area contributed by atoms with Crippen LogP contribution in [0, 0.1) is 25.5 Å². The lowest BCUT2D eigenvalue weighted by atomic mass is 10.1. The first-order valence-electron chi connectivity index (χ1n) is 17.3. The van der Waals surface area contributed by atoms with Crippen LogP contribution in [0.2, 0.25) is 0 Å². The summed E-state index contributed by atoms with van der Waals surface area (Å²) >= 11 is 13.6. The van der Waals surface area contributed by atoms with Crippen molar-refractivity contribution in [3.8, 4) is 11.5 Å². The van der Waals surface area contributed by atoms with Crippen LogP contribution < -0.4 is 25.4 Å². The number of halogens is 6. The van der Waals surface area contributed by atoms with Gasteiger partial charge < -0.3 is 35.6 Å². The normalized spacial score (nSPS) is 10.8. The second kappa shape index (κ2) is 21.7. The lowest BCUT2D eigenvalue weighted by Crippen LogP contribution is -2.29. The van der Waals surface area contributed by atoms with Gasteiger partial charge in [0.2, 0.25) is 0 Å². The Morgan fingerprint density at radius 3 is 1.45 bits per heavy atom. The molecule has 1 amide bonds. The van der Waals surface area contributed by atoms with Crippen LogP contribution in [0.4, 0.5) is 20.2 Å². The van der Waals surface area contributed by atoms with Gasteiger partial charge in [0, 0.05) is 35.2 Å². The largest absolute Gasteiger partial charge is 0.486 e. The average molecular weight is 1040 g/mol. The molecule has 0 atom stereocenters. The van der Waals surface area contributed by atoms with Crippen LogP contribution in [0.25, 0.3) is 0 Å². The van der Waals surface area contributed by atoms with Crippen LogP contribution in [-0.4, -0.2) is 46.7 Å². The number of anilines is 2. The zero-order valence-electron chi connectivity index (χ0n) is 31.5. The average Bonchev–Trinajstić information content (AvgIpc) is 3.08. The van der Waals surface area contributed by atoms with E-state index in [4.69, 9.17) is 19.7 Å². The van der Waals surface area contributed by atoms with Gasteiger partial charge in [-0.15, -0.1) is 0 Å². The maximum atomic E-state index is 14.8. The number of ether oxygens (including phenoxy) is 2. The van der Waals surface area contributed by atoms with Crippen LogP contribution in [0.3, 0.4) is 0 Å². The minimum absolute atomic E-state index is 0.0119. The summed E-state index contributed by atoms with van der Waals surface area (Å²) in [5.74, 6) is -2.26. The summed E-state index contributed by atoms with van der Waals surface area (Å²) in [5.41, 5.74) is 4.71. The van der Waals surface area contributed by atoms with E-state index in [0.29, 0.717) is 58.3 Å². The first-order chi connectivity index (χ1) is 26.2. The first-order valence-corrected chi connectivity index (χ1v) is 20.5. The number of nitrogens with one attached hydrogen (secondary N) is 3.